The van der Waals surface area contributed by atoms with E-state index in [0.717, 1.165) is 18.2 Å². The van der Waals surface area contributed by atoms with Crippen molar-refractivity contribution in [3.63, 3.8) is 0 Å². The van der Waals surface area contributed by atoms with Crippen LogP contribution in [0.2, 0.25) is 0 Å². The fourth-order valence-corrected chi connectivity index (χ4v) is 0.951. The molecule has 0 unspecified atom stereocenters. The van der Waals surface area contributed by atoms with Gasteiger partial charge in [-0.1, -0.05) is 0 Å². The fourth-order valence-electron chi connectivity index (χ4n) is 0.868. The lowest BCUT2D eigenvalue weighted by molar-refractivity contribution is 0.0848. The second kappa shape index (κ2) is 4.28. The molecule has 0 saturated heterocycles. The minimum atomic E-state index is -1.14. The maximum atomic E-state index is 12.8. The number of nitrogens with zero attached hydrogens (tertiary/aromatic N) is 1. The van der Waals surface area contributed by atoms with Crippen LogP contribution in [-0.2, 0) is 0 Å². The molecule has 1 aromatic rings. The number of carbonyl (C=O) groups is 1. The Hall–Kier alpha value is -1.60. The SMILES string of the molecule is NC(=S)N(N)C(=O)c1ccc(F)c(F)c1. The first-order chi connectivity index (χ1) is 6.93. The number of rotatable bonds is 1. The summed E-state index contributed by atoms with van der Waals surface area (Å²) < 4.78 is 25.3. The van der Waals surface area contributed by atoms with Gasteiger partial charge in [-0.25, -0.2) is 19.6 Å². The van der Waals surface area contributed by atoms with Crippen molar-refractivity contribution in [2.75, 3.05) is 0 Å². The summed E-state index contributed by atoms with van der Waals surface area (Å²) in [5, 5.41) is 0.117. The van der Waals surface area contributed by atoms with Gasteiger partial charge in [0.05, 0.1) is 0 Å². The molecule has 15 heavy (non-hydrogen) atoms. The molecular weight excluding hydrogens is 224 g/mol. The van der Waals surface area contributed by atoms with Crippen LogP contribution in [0.15, 0.2) is 18.2 Å². The first-order valence-electron chi connectivity index (χ1n) is 3.77. The van der Waals surface area contributed by atoms with E-state index >= 15 is 0 Å². The second-order valence-electron chi connectivity index (χ2n) is 2.64. The van der Waals surface area contributed by atoms with Gasteiger partial charge in [0, 0.05) is 5.56 Å². The van der Waals surface area contributed by atoms with E-state index in [-0.39, 0.29) is 10.7 Å². The van der Waals surface area contributed by atoms with Crippen molar-refractivity contribution in [1.29, 1.82) is 0 Å². The Morgan fingerprint density at radius 2 is 1.93 bits per heavy atom. The maximum absolute atomic E-state index is 12.8. The van der Waals surface area contributed by atoms with Gasteiger partial charge >= 0.3 is 0 Å². The van der Waals surface area contributed by atoms with Gasteiger partial charge in [0.25, 0.3) is 5.91 Å². The Morgan fingerprint density at radius 3 is 2.40 bits per heavy atom. The number of nitrogens with two attached hydrogens (primary N) is 2. The fraction of sp³-hybridized carbons (Fsp3) is 0. The van der Waals surface area contributed by atoms with Crippen LogP contribution >= 0.6 is 12.2 Å². The number of carbonyl (C=O) groups excluding carboxylic acids is 1. The quantitative estimate of drug-likeness (QED) is 0.320. The average Bonchev–Trinajstić information content (AvgIpc) is 2.19. The summed E-state index contributed by atoms with van der Waals surface area (Å²) in [5.41, 5.74) is 4.95. The molecule has 0 aromatic heterocycles. The number of hydrazine groups is 1. The minimum absolute atomic E-state index is 0.135. The lowest BCUT2D eigenvalue weighted by Crippen LogP contribution is -2.45. The van der Waals surface area contributed by atoms with Crippen LogP contribution in [-0.4, -0.2) is 16.0 Å². The third-order valence-corrected chi connectivity index (χ3v) is 1.82. The van der Waals surface area contributed by atoms with Gasteiger partial charge in [0.1, 0.15) is 0 Å². The molecule has 4 N–H and O–H groups in total. The predicted molar refractivity (Wildman–Crippen MR) is 53.5 cm³/mol. The molecule has 0 bridgehead atoms. The van der Waals surface area contributed by atoms with Crippen LogP contribution in [0, 0.1) is 11.6 Å². The molecule has 80 valence electrons. The van der Waals surface area contributed by atoms with Gasteiger partial charge in [-0.05, 0) is 30.4 Å². The van der Waals surface area contributed by atoms with E-state index in [1.165, 1.54) is 0 Å². The summed E-state index contributed by atoms with van der Waals surface area (Å²) in [6, 6.07) is 2.62. The Labute approximate surface area is 89.4 Å². The highest BCUT2D eigenvalue weighted by Crippen LogP contribution is 2.09. The molecule has 1 rings (SSSR count). The summed E-state index contributed by atoms with van der Waals surface area (Å²) in [7, 11) is 0. The van der Waals surface area contributed by atoms with E-state index in [1.807, 2.05) is 0 Å². The molecule has 0 aliphatic heterocycles. The highest BCUT2D eigenvalue weighted by atomic mass is 32.1. The van der Waals surface area contributed by atoms with Crippen molar-refractivity contribution < 1.29 is 13.6 Å². The maximum Gasteiger partial charge on any atom is 0.274 e. The molecule has 1 amide bonds. The Kier molecular flexibility index (Phi) is 3.28. The largest absolute Gasteiger partial charge is 0.375 e. The third kappa shape index (κ3) is 2.45. The number of benzene rings is 1. The highest BCUT2D eigenvalue weighted by molar-refractivity contribution is 7.80. The van der Waals surface area contributed by atoms with Gasteiger partial charge in [-0.2, -0.15) is 0 Å². The zero-order chi connectivity index (χ0) is 11.6. The van der Waals surface area contributed by atoms with Gasteiger partial charge in [-0.15, -0.1) is 0 Å². The van der Waals surface area contributed by atoms with Crippen molar-refractivity contribution in [2.45, 2.75) is 0 Å². The molecule has 1 aromatic carbocycles. The van der Waals surface area contributed by atoms with Crippen LogP contribution in [0.25, 0.3) is 0 Å². The highest BCUT2D eigenvalue weighted by Gasteiger charge is 2.16. The van der Waals surface area contributed by atoms with E-state index in [9.17, 15) is 13.6 Å². The summed E-state index contributed by atoms with van der Waals surface area (Å²) >= 11 is 4.44. The average molecular weight is 231 g/mol. The molecule has 0 spiro atoms. The number of hydrogen-bond acceptors (Lipinski definition) is 3. The minimum Gasteiger partial charge on any atom is -0.375 e. The van der Waals surface area contributed by atoms with Crippen LogP contribution in [0.1, 0.15) is 10.4 Å². The summed E-state index contributed by atoms with van der Waals surface area (Å²) in [4.78, 5) is 11.4. The molecular formula is C8H7F2N3OS. The van der Waals surface area contributed by atoms with E-state index < -0.39 is 17.5 Å². The van der Waals surface area contributed by atoms with Crippen molar-refractivity contribution in [2.24, 2.45) is 11.6 Å². The molecule has 0 aliphatic rings. The van der Waals surface area contributed by atoms with Crippen molar-refractivity contribution >= 4 is 23.2 Å². The monoisotopic (exact) mass is 231 g/mol. The van der Waals surface area contributed by atoms with Gasteiger partial charge < -0.3 is 5.73 Å². The number of halogens is 2. The van der Waals surface area contributed by atoms with Crippen molar-refractivity contribution in [1.82, 2.24) is 5.01 Å². The van der Waals surface area contributed by atoms with Crippen molar-refractivity contribution in [3.05, 3.63) is 35.4 Å². The van der Waals surface area contributed by atoms with Gasteiger partial charge in [0.15, 0.2) is 16.7 Å². The zero-order valence-corrected chi connectivity index (χ0v) is 8.22. The van der Waals surface area contributed by atoms with E-state index in [2.05, 4.69) is 12.2 Å². The normalized spacial score (nSPS) is 9.80. The standard InChI is InChI=1S/C8H7F2N3OS/c9-5-2-1-4(3-6(5)10)7(14)13(12)8(11)15/h1-3H,12H2,(H2,11,15). The van der Waals surface area contributed by atoms with Crippen LogP contribution in [0.4, 0.5) is 8.78 Å². The predicted octanol–water partition coefficient (Wildman–Crippen LogP) is 0.524. The number of amides is 1. The second-order valence-corrected chi connectivity index (χ2v) is 3.06. The lowest BCUT2D eigenvalue weighted by atomic mass is 10.2. The van der Waals surface area contributed by atoms with Crippen molar-refractivity contribution in [3.8, 4) is 0 Å². The van der Waals surface area contributed by atoms with Crippen LogP contribution < -0.4 is 11.6 Å². The number of hydrogen-bond donors (Lipinski definition) is 2. The molecule has 0 fully saturated rings. The smallest absolute Gasteiger partial charge is 0.274 e. The molecule has 4 nitrogen and oxygen atoms in total. The first kappa shape index (κ1) is 11.5. The molecule has 0 saturated carbocycles. The summed E-state index contributed by atoms with van der Waals surface area (Å²) in [5.74, 6) is 2.19. The summed E-state index contributed by atoms with van der Waals surface area (Å²) in [6.07, 6.45) is 0. The van der Waals surface area contributed by atoms with Crippen LogP contribution in [0.3, 0.4) is 0 Å². The molecule has 0 atom stereocenters. The Bertz CT molecular complexity index is 424. The lowest BCUT2D eigenvalue weighted by Gasteiger charge is -2.13. The Balaban J connectivity index is 3.02. The molecule has 0 radical (unpaired) electrons. The first-order valence-corrected chi connectivity index (χ1v) is 4.18. The number of thiocarbonyl (C=S) groups is 1. The Morgan fingerprint density at radius 1 is 1.33 bits per heavy atom. The molecule has 0 heterocycles. The van der Waals surface area contributed by atoms with E-state index in [4.69, 9.17) is 11.6 Å². The van der Waals surface area contributed by atoms with Gasteiger partial charge in [-0.3, -0.25) is 4.79 Å². The van der Waals surface area contributed by atoms with E-state index in [1.54, 1.807) is 0 Å². The third-order valence-electron chi connectivity index (χ3n) is 1.62. The van der Waals surface area contributed by atoms with E-state index in [0.29, 0.717) is 5.01 Å². The topological polar surface area (TPSA) is 72.3 Å². The zero-order valence-electron chi connectivity index (χ0n) is 7.41. The van der Waals surface area contributed by atoms with Crippen LogP contribution in [0.5, 0.6) is 0 Å². The molecule has 7 heteroatoms. The van der Waals surface area contributed by atoms with Gasteiger partial charge in [0.2, 0.25) is 0 Å². The summed E-state index contributed by atoms with van der Waals surface area (Å²) in [6.45, 7) is 0. The molecule has 0 aliphatic carbocycles.